The zero-order valence-corrected chi connectivity index (χ0v) is 12.7. The standard InChI is InChI=1S/C16H19F3N2O2/c17-16(18,19)13-7-5-12(6-8-13)10-20-14(22)11-21-9-3-1-2-4-15(21)23/h5-8H,1-4,9-11H2,(H,20,22). The Balaban J connectivity index is 1.83. The summed E-state index contributed by atoms with van der Waals surface area (Å²) in [6.07, 6.45) is -1.18. The fraction of sp³-hybridized carbons (Fsp3) is 0.500. The van der Waals surface area contributed by atoms with Gasteiger partial charge in [-0.15, -0.1) is 0 Å². The minimum absolute atomic E-state index is 0.000528. The van der Waals surface area contributed by atoms with Crippen molar-refractivity contribution in [2.24, 2.45) is 0 Å². The van der Waals surface area contributed by atoms with Crippen molar-refractivity contribution in [1.29, 1.82) is 0 Å². The van der Waals surface area contributed by atoms with Gasteiger partial charge in [-0.3, -0.25) is 9.59 Å². The van der Waals surface area contributed by atoms with Crippen molar-refractivity contribution < 1.29 is 22.8 Å². The maximum Gasteiger partial charge on any atom is 0.416 e. The zero-order chi connectivity index (χ0) is 16.9. The van der Waals surface area contributed by atoms with Crippen molar-refractivity contribution in [2.45, 2.75) is 38.4 Å². The number of rotatable bonds is 4. The van der Waals surface area contributed by atoms with Gasteiger partial charge in [0.15, 0.2) is 0 Å². The van der Waals surface area contributed by atoms with Gasteiger partial charge in [0, 0.05) is 19.5 Å². The zero-order valence-electron chi connectivity index (χ0n) is 12.7. The molecule has 1 N–H and O–H groups in total. The molecule has 1 fully saturated rings. The molecule has 0 radical (unpaired) electrons. The number of carbonyl (C=O) groups is 2. The topological polar surface area (TPSA) is 49.4 Å². The smallest absolute Gasteiger partial charge is 0.350 e. The first-order valence-corrected chi connectivity index (χ1v) is 7.57. The number of carbonyl (C=O) groups excluding carboxylic acids is 2. The number of amides is 2. The van der Waals surface area contributed by atoms with Crippen LogP contribution in [0.4, 0.5) is 13.2 Å². The molecule has 2 rings (SSSR count). The van der Waals surface area contributed by atoms with E-state index in [1.54, 1.807) is 0 Å². The van der Waals surface area contributed by atoms with Crippen LogP contribution in [0.5, 0.6) is 0 Å². The van der Waals surface area contributed by atoms with Gasteiger partial charge in [0.2, 0.25) is 11.8 Å². The highest BCUT2D eigenvalue weighted by molar-refractivity contribution is 5.84. The molecule has 1 saturated heterocycles. The molecule has 7 heteroatoms. The van der Waals surface area contributed by atoms with Crippen molar-refractivity contribution in [2.75, 3.05) is 13.1 Å². The summed E-state index contributed by atoms with van der Waals surface area (Å²) < 4.78 is 37.4. The number of halogens is 3. The molecule has 0 atom stereocenters. The molecule has 2 amide bonds. The number of hydrogen-bond acceptors (Lipinski definition) is 2. The van der Waals surface area contributed by atoms with Crippen molar-refractivity contribution in [3.05, 3.63) is 35.4 Å². The number of benzene rings is 1. The average molecular weight is 328 g/mol. The highest BCUT2D eigenvalue weighted by atomic mass is 19.4. The fourth-order valence-corrected chi connectivity index (χ4v) is 2.45. The summed E-state index contributed by atoms with van der Waals surface area (Å²) in [5.41, 5.74) is -0.142. The van der Waals surface area contributed by atoms with Crippen LogP contribution in [0, 0.1) is 0 Å². The van der Waals surface area contributed by atoms with E-state index in [0.717, 1.165) is 31.4 Å². The van der Waals surface area contributed by atoms with E-state index in [2.05, 4.69) is 5.32 Å². The first-order valence-electron chi connectivity index (χ1n) is 7.57. The predicted molar refractivity (Wildman–Crippen MR) is 78.3 cm³/mol. The summed E-state index contributed by atoms with van der Waals surface area (Å²) in [6, 6.07) is 4.64. The Morgan fingerprint density at radius 1 is 1.13 bits per heavy atom. The lowest BCUT2D eigenvalue weighted by Crippen LogP contribution is -2.40. The lowest BCUT2D eigenvalue weighted by Gasteiger charge is -2.19. The van der Waals surface area contributed by atoms with Crippen LogP contribution >= 0.6 is 0 Å². The van der Waals surface area contributed by atoms with Gasteiger partial charge in [-0.05, 0) is 30.5 Å². The Kier molecular flexibility index (Phi) is 5.63. The number of nitrogens with one attached hydrogen (secondary N) is 1. The van der Waals surface area contributed by atoms with Crippen molar-refractivity contribution >= 4 is 11.8 Å². The lowest BCUT2D eigenvalue weighted by molar-refractivity contribution is -0.137. The lowest BCUT2D eigenvalue weighted by atomic mass is 10.1. The molecule has 126 valence electrons. The molecule has 1 aromatic rings. The summed E-state index contributed by atoms with van der Waals surface area (Å²) in [5, 5.41) is 2.63. The van der Waals surface area contributed by atoms with E-state index in [-0.39, 0.29) is 24.9 Å². The van der Waals surface area contributed by atoms with Crippen LogP contribution in [0.2, 0.25) is 0 Å². The number of nitrogens with zero attached hydrogens (tertiary/aromatic N) is 1. The molecule has 23 heavy (non-hydrogen) atoms. The molecule has 1 aliphatic rings. The number of alkyl halides is 3. The average Bonchev–Trinajstić information content (AvgIpc) is 2.70. The monoisotopic (exact) mass is 328 g/mol. The summed E-state index contributed by atoms with van der Waals surface area (Å²) in [6.45, 7) is 0.713. The van der Waals surface area contributed by atoms with Gasteiger partial charge in [-0.1, -0.05) is 18.6 Å². The second-order valence-electron chi connectivity index (χ2n) is 5.60. The first kappa shape index (κ1) is 17.3. The quantitative estimate of drug-likeness (QED) is 0.924. The van der Waals surface area contributed by atoms with Crippen LogP contribution in [0.3, 0.4) is 0 Å². The van der Waals surface area contributed by atoms with E-state index in [9.17, 15) is 22.8 Å². The van der Waals surface area contributed by atoms with Crippen molar-refractivity contribution in [3.8, 4) is 0 Å². The highest BCUT2D eigenvalue weighted by Gasteiger charge is 2.29. The SMILES string of the molecule is O=C(CN1CCCCCC1=O)NCc1ccc(C(F)(F)F)cc1. The van der Waals surface area contributed by atoms with Gasteiger partial charge >= 0.3 is 6.18 Å². The molecule has 0 unspecified atom stereocenters. The molecule has 4 nitrogen and oxygen atoms in total. The van der Waals surface area contributed by atoms with Crippen LogP contribution in [-0.4, -0.2) is 29.8 Å². The van der Waals surface area contributed by atoms with Crippen LogP contribution in [0.15, 0.2) is 24.3 Å². The molecule has 0 aromatic heterocycles. The largest absolute Gasteiger partial charge is 0.416 e. The van der Waals surface area contributed by atoms with Crippen LogP contribution in [0.25, 0.3) is 0 Å². The molecular formula is C16H19F3N2O2. The Labute approximate surface area is 132 Å². The minimum atomic E-state index is -4.37. The van der Waals surface area contributed by atoms with Crippen LogP contribution < -0.4 is 5.32 Å². The number of likely N-dealkylation sites (tertiary alicyclic amines) is 1. The second kappa shape index (κ2) is 7.48. The molecule has 1 aliphatic heterocycles. The third-order valence-electron chi connectivity index (χ3n) is 3.78. The van der Waals surface area contributed by atoms with Crippen molar-refractivity contribution in [1.82, 2.24) is 10.2 Å². The maximum atomic E-state index is 12.5. The number of hydrogen-bond donors (Lipinski definition) is 1. The molecule has 1 heterocycles. The summed E-state index contributed by atoms with van der Waals surface area (Å²) in [5.74, 6) is -0.327. The normalized spacial score (nSPS) is 16.1. The van der Waals surface area contributed by atoms with Crippen LogP contribution in [0.1, 0.15) is 36.8 Å². The third-order valence-corrected chi connectivity index (χ3v) is 3.78. The fourth-order valence-electron chi connectivity index (χ4n) is 2.45. The Hall–Kier alpha value is -2.05. The molecular weight excluding hydrogens is 309 g/mol. The summed E-state index contributed by atoms with van der Waals surface area (Å²) in [7, 11) is 0. The maximum absolute atomic E-state index is 12.5. The van der Waals surface area contributed by atoms with Gasteiger partial charge in [-0.25, -0.2) is 0 Å². The molecule has 0 spiro atoms. The minimum Gasteiger partial charge on any atom is -0.350 e. The predicted octanol–water partition coefficient (Wildman–Crippen LogP) is 2.72. The molecule has 1 aromatic carbocycles. The van der Waals surface area contributed by atoms with E-state index >= 15 is 0 Å². The molecule has 0 saturated carbocycles. The van der Waals surface area contributed by atoms with Crippen LogP contribution in [-0.2, 0) is 22.3 Å². The highest BCUT2D eigenvalue weighted by Crippen LogP contribution is 2.29. The Morgan fingerprint density at radius 2 is 1.83 bits per heavy atom. The van der Waals surface area contributed by atoms with E-state index in [1.165, 1.54) is 17.0 Å². The van der Waals surface area contributed by atoms with Gasteiger partial charge in [0.1, 0.15) is 0 Å². The van der Waals surface area contributed by atoms with Gasteiger partial charge < -0.3 is 10.2 Å². The van der Waals surface area contributed by atoms with E-state index in [1.807, 2.05) is 0 Å². The van der Waals surface area contributed by atoms with Crippen molar-refractivity contribution in [3.63, 3.8) is 0 Å². The van der Waals surface area contributed by atoms with Gasteiger partial charge in [0.25, 0.3) is 0 Å². The Bertz CT molecular complexity index is 555. The molecule has 0 bridgehead atoms. The van der Waals surface area contributed by atoms with E-state index < -0.39 is 11.7 Å². The van der Waals surface area contributed by atoms with E-state index in [0.29, 0.717) is 18.5 Å². The second-order valence-corrected chi connectivity index (χ2v) is 5.60. The summed E-state index contributed by atoms with van der Waals surface area (Å²) >= 11 is 0. The Morgan fingerprint density at radius 3 is 2.48 bits per heavy atom. The first-order chi connectivity index (χ1) is 10.9. The summed E-state index contributed by atoms with van der Waals surface area (Å²) in [4.78, 5) is 25.2. The van der Waals surface area contributed by atoms with E-state index in [4.69, 9.17) is 0 Å². The van der Waals surface area contributed by atoms with Gasteiger partial charge in [0.05, 0.1) is 12.1 Å². The molecule has 0 aliphatic carbocycles. The third kappa shape index (κ3) is 5.26. The van der Waals surface area contributed by atoms with Gasteiger partial charge in [-0.2, -0.15) is 13.2 Å².